The summed E-state index contributed by atoms with van der Waals surface area (Å²) >= 11 is 7.49. The number of halogens is 1. The van der Waals surface area contributed by atoms with Gasteiger partial charge in [0.25, 0.3) is 5.91 Å². The van der Waals surface area contributed by atoms with Crippen LogP contribution in [0.1, 0.15) is 22.8 Å². The summed E-state index contributed by atoms with van der Waals surface area (Å²) in [5.41, 5.74) is 1.36. The molecule has 2 aromatic carbocycles. The van der Waals surface area contributed by atoms with Crippen LogP contribution in [0.4, 0.5) is 5.69 Å². The fraction of sp³-hybridized carbons (Fsp3) is 0.136. The van der Waals surface area contributed by atoms with E-state index in [0.29, 0.717) is 39.7 Å². The monoisotopic (exact) mass is 442 g/mol. The van der Waals surface area contributed by atoms with Crippen LogP contribution < -0.4 is 4.74 Å². The van der Waals surface area contributed by atoms with Crippen molar-refractivity contribution in [2.45, 2.75) is 6.92 Å². The van der Waals surface area contributed by atoms with Gasteiger partial charge in [-0.15, -0.1) is 0 Å². The van der Waals surface area contributed by atoms with E-state index in [-0.39, 0.29) is 11.5 Å². The van der Waals surface area contributed by atoms with Crippen molar-refractivity contribution in [2.75, 3.05) is 13.2 Å². The molecular weight excluding hydrogens is 424 g/mol. The predicted molar refractivity (Wildman–Crippen MR) is 121 cm³/mol. The lowest BCUT2D eigenvalue weighted by Gasteiger charge is -2.12. The first-order valence-electron chi connectivity index (χ1n) is 9.09. The Morgan fingerprint density at radius 1 is 1.33 bits per heavy atom. The Labute approximate surface area is 183 Å². The van der Waals surface area contributed by atoms with Crippen LogP contribution in [0.2, 0.25) is 5.02 Å². The van der Waals surface area contributed by atoms with E-state index in [9.17, 15) is 9.59 Å². The van der Waals surface area contributed by atoms with Gasteiger partial charge in [-0.25, -0.2) is 9.79 Å². The summed E-state index contributed by atoms with van der Waals surface area (Å²) in [6.45, 7) is 6.25. The molecule has 0 unspecified atom stereocenters. The molecule has 3 rings (SSSR count). The molecule has 0 bridgehead atoms. The van der Waals surface area contributed by atoms with E-state index >= 15 is 0 Å². The number of thioether (sulfide) groups is 1. The number of rotatable bonds is 7. The highest BCUT2D eigenvalue weighted by atomic mass is 35.5. The van der Waals surface area contributed by atoms with Crippen molar-refractivity contribution in [2.24, 2.45) is 4.99 Å². The summed E-state index contributed by atoms with van der Waals surface area (Å²) in [4.78, 5) is 30.5. The molecule has 8 heteroatoms. The highest BCUT2D eigenvalue weighted by molar-refractivity contribution is 8.18. The second-order valence-corrected chi connectivity index (χ2v) is 7.62. The molecule has 0 saturated carbocycles. The fourth-order valence-electron chi connectivity index (χ4n) is 2.71. The van der Waals surface area contributed by atoms with E-state index in [1.165, 1.54) is 23.9 Å². The highest BCUT2D eigenvalue weighted by Gasteiger charge is 2.32. The van der Waals surface area contributed by atoms with Crippen LogP contribution in [0.15, 0.2) is 65.0 Å². The number of carbonyl (C=O) groups excluding carboxylic acids is 1. The van der Waals surface area contributed by atoms with Crippen molar-refractivity contribution in [3.63, 3.8) is 0 Å². The lowest BCUT2D eigenvalue weighted by molar-refractivity contribution is -0.122. The standard InChI is InChI=1S/C22H19ClN2O4S/c1-3-10-29-18-9-8-14(11-17(18)23)12-19-20(26)25(4-2)22(30-19)24-16-7-5-6-15(13-16)21(27)28/h3,5-9,11-13H,1,4,10H2,2H3,(H,27,28). The molecular formula is C22H19ClN2O4S. The molecule has 30 heavy (non-hydrogen) atoms. The van der Waals surface area contributed by atoms with Gasteiger partial charge in [-0.2, -0.15) is 0 Å². The maximum absolute atomic E-state index is 12.8. The SMILES string of the molecule is C=CCOc1ccc(C=C2SC(=Nc3cccc(C(=O)O)c3)N(CC)C2=O)cc1Cl. The average molecular weight is 443 g/mol. The number of aliphatic imine (C=N–C) groups is 1. The molecule has 0 atom stereocenters. The van der Waals surface area contributed by atoms with E-state index in [2.05, 4.69) is 11.6 Å². The van der Waals surface area contributed by atoms with Crippen LogP contribution >= 0.6 is 23.4 Å². The molecule has 1 amide bonds. The van der Waals surface area contributed by atoms with Crippen molar-refractivity contribution in [1.82, 2.24) is 4.90 Å². The Morgan fingerprint density at radius 3 is 2.80 bits per heavy atom. The first-order valence-corrected chi connectivity index (χ1v) is 10.3. The van der Waals surface area contributed by atoms with Crippen LogP contribution in [0.5, 0.6) is 5.75 Å². The van der Waals surface area contributed by atoms with Gasteiger partial charge < -0.3 is 9.84 Å². The van der Waals surface area contributed by atoms with Crippen molar-refractivity contribution in [3.05, 3.63) is 76.2 Å². The average Bonchev–Trinajstić information content (AvgIpc) is 3.01. The third kappa shape index (κ3) is 4.93. The smallest absolute Gasteiger partial charge is 0.335 e. The number of nitrogens with zero attached hydrogens (tertiary/aromatic N) is 2. The van der Waals surface area contributed by atoms with Crippen LogP contribution in [-0.4, -0.2) is 40.2 Å². The summed E-state index contributed by atoms with van der Waals surface area (Å²) in [5.74, 6) is -0.656. The Balaban J connectivity index is 1.88. The van der Waals surface area contributed by atoms with Crippen molar-refractivity contribution in [1.29, 1.82) is 0 Å². The second kappa shape index (κ2) is 9.65. The first kappa shape index (κ1) is 21.7. The Hall–Kier alpha value is -3.03. The Morgan fingerprint density at radius 2 is 2.13 bits per heavy atom. The quantitative estimate of drug-likeness (QED) is 0.469. The number of amides is 1. The van der Waals surface area contributed by atoms with Crippen LogP contribution in [0.3, 0.4) is 0 Å². The molecule has 154 valence electrons. The summed E-state index contributed by atoms with van der Waals surface area (Å²) in [5, 5.41) is 10.1. The number of carbonyl (C=O) groups is 2. The van der Waals surface area contributed by atoms with Gasteiger partial charge in [-0.05, 0) is 60.7 Å². The van der Waals surface area contributed by atoms with E-state index in [1.807, 2.05) is 13.0 Å². The minimum atomic E-state index is -1.03. The number of carboxylic acid groups (broad SMARTS) is 1. The summed E-state index contributed by atoms with van der Waals surface area (Å²) in [6, 6.07) is 11.6. The third-order valence-electron chi connectivity index (χ3n) is 4.13. The molecule has 6 nitrogen and oxygen atoms in total. The summed E-state index contributed by atoms with van der Waals surface area (Å²) in [7, 11) is 0. The molecule has 0 aromatic heterocycles. The van der Waals surface area contributed by atoms with E-state index in [0.717, 1.165) is 5.56 Å². The maximum Gasteiger partial charge on any atom is 0.335 e. The normalized spacial score (nSPS) is 16.3. The zero-order chi connectivity index (χ0) is 21.7. The van der Waals surface area contributed by atoms with Gasteiger partial charge in [0.05, 0.1) is 21.2 Å². The molecule has 1 aliphatic rings. The predicted octanol–water partition coefficient (Wildman–Crippen LogP) is 5.23. The summed E-state index contributed by atoms with van der Waals surface area (Å²) in [6.07, 6.45) is 3.38. The molecule has 0 radical (unpaired) electrons. The van der Waals surface area contributed by atoms with Crippen LogP contribution in [0, 0.1) is 0 Å². The van der Waals surface area contributed by atoms with Crippen molar-refractivity contribution < 1.29 is 19.4 Å². The maximum atomic E-state index is 12.8. The minimum Gasteiger partial charge on any atom is -0.488 e. The largest absolute Gasteiger partial charge is 0.488 e. The molecule has 1 saturated heterocycles. The molecule has 2 aromatic rings. The topological polar surface area (TPSA) is 79.2 Å². The minimum absolute atomic E-state index is 0.137. The third-order valence-corrected chi connectivity index (χ3v) is 5.43. The number of hydrogen-bond donors (Lipinski definition) is 1. The molecule has 1 heterocycles. The number of likely N-dealkylation sites (N-methyl/N-ethyl adjacent to an activating group) is 1. The van der Waals surface area contributed by atoms with E-state index < -0.39 is 5.97 Å². The first-order chi connectivity index (χ1) is 14.4. The number of ether oxygens (including phenoxy) is 1. The second-order valence-electron chi connectivity index (χ2n) is 6.20. The molecule has 1 N–H and O–H groups in total. The van der Waals surface area contributed by atoms with Crippen LogP contribution in [0.25, 0.3) is 6.08 Å². The van der Waals surface area contributed by atoms with Gasteiger partial charge in [0.1, 0.15) is 12.4 Å². The summed E-state index contributed by atoms with van der Waals surface area (Å²) < 4.78 is 5.46. The van der Waals surface area contributed by atoms with Gasteiger partial charge in [0.15, 0.2) is 5.17 Å². The molecule has 1 fully saturated rings. The Kier molecular flexibility index (Phi) is 6.97. The van der Waals surface area contributed by atoms with Crippen molar-refractivity contribution >= 4 is 52.2 Å². The zero-order valence-corrected chi connectivity index (χ0v) is 17.7. The van der Waals surface area contributed by atoms with E-state index in [1.54, 1.807) is 41.3 Å². The van der Waals surface area contributed by atoms with Gasteiger partial charge in [0.2, 0.25) is 0 Å². The van der Waals surface area contributed by atoms with Gasteiger partial charge in [-0.1, -0.05) is 36.4 Å². The molecule has 0 aliphatic carbocycles. The lowest BCUT2D eigenvalue weighted by atomic mass is 10.2. The number of hydrogen-bond acceptors (Lipinski definition) is 5. The van der Waals surface area contributed by atoms with E-state index in [4.69, 9.17) is 21.4 Å². The van der Waals surface area contributed by atoms with Crippen LogP contribution in [-0.2, 0) is 4.79 Å². The molecule has 0 spiro atoms. The zero-order valence-electron chi connectivity index (χ0n) is 16.2. The number of benzene rings is 2. The number of carboxylic acids is 1. The highest BCUT2D eigenvalue weighted by Crippen LogP contribution is 2.35. The molecule has 1 aliphatic heterocycles. The lowest BCUT2D eigenvalue weighted by Crippen LogP contribution is -2.28. The van der Waals surface area contributed by atoms with Gasteiger partial charge >= 0.3 is 5.97 Å². The fourth-order valence-corrected chi connectivity index (χ4v) is 4.02. The number of amidine groups is 1. The van der Waals surface area contributed by atoms with Gasteiger partial charge in [0, 0.05) is 6.54 Å². The van der Waals surface area contributed by atoms with Crippen molar-refractivity contribution in [3.8, 4) is 5.75 Å². The Bertz CT molecular complexity index is 1060. The number of aromatic carboxylic acids is 1. The van der Waals surface area contributed by atoms with Gasteiger partial charge in [-0.3, -0.25) is 9.69 Å².